The average Bonchev–Trinajstić information content (AvgIpc) is 2.58. The van der Waals surface area contributed by atoms with Crippen LogP contribution in [0.5, 0.6) is 0 Å². The number of aromatic nitrogens is 2. The highest BCUT2D eigenvalue weighted by molar-refractivity contribution is 7.84. The second-order valence-electron chi connectivity index (χ2n) is 5.54. The molecule has 1 aromatic carbocycles. The molecule has 23 heavy (non-hydrogen) atoms. The summed E-state index contributed by atoms with van der Waals surface area (Å²) in [4.78, 5) is 11.7. The van der Waals surface area contributed by atoms with Crippen LogP contribution >= 0.6 is 0 Å². The van der Waals surface area contributed by atoms with Gasteiger partial charge in [-0.3, -0.25) is 4.21 Å². The third kappa shape index (κ3) is 4.17. The Morgan fingerprint density at radius 3 is 2.61 bits per heavy atom. The van der Waals surface area contributed by atoms with E-state index in [2.05, 4.69) is 10.2 Å². The molecule has 2 aromatic rings. The van der Waals surface area contributed by atoms with Crippen LogP contribution in [0.15, 0.2) is 24.3 Å². The van der Waals surface area contributed by atoms with Crippen LogP contribution in [0.3, 0.4) is 0 Å². The van der Waals surface area contributed by atoms with Gasteiger partial charge in [-0.05, 0) is 18.6 Å². The number of benzene rings is 1. The second-order valence-corrected chi connectivity index (χ2v) is 7.10. The zero-order chi connectivity index (χ0) is 16.1. The van der Waals surface area contributed by atoms with Crippen molar-refractivity contribution >= 4 is 33.5 Å². The van der Waals surface area contributed by atoms with Crippen LogP contribution in [0.1, 0.15) is 6.42 Å². The fourth-order valence-corrected chi connectivity index (χ4v) is 3.14. The molecule has 2 heterocycles. The summed E-state index contributed by atoms with van der Waals surface area (Å²) in [6.07, 6.45) is 2.58. The van der Waals surface area contributed by atoms with Gasteiger partial charge in [0.1, 0.15) is 0 Å². The molecule has 0 bridgehead atoms. The number of morpholine rings is 1. The molecule has 7 heteroatoms. The molecule has 0 unspecified atom stereocenters. The molecule has 124 valence electrons. The number of hydrogen-bond donors (Lipinski definition) is 1. The Morgan fingerprint density at radius 2 is 1.91 bits per heavy atom. The van der Waals surface area contributed by atoms with Crippen molar-refractivity contribution in [1.29, 1.82) is 0 Å². The molecule has 0 aliphatic carbocycles. The standard InChI is InChI=1S/C16H22N4O2S/c1-23(21)12-4-7-17-15-16(20-8-10-22-11-9-20)19-14-6-3-2-5-13(14)18-15/h2-3,5-6H,4,7-12H2,1H3,(H,17,18)/t23-/m1/s1. The van der Waals surface area contributed by atoms with Gasteiger partial charge in [0.15, 0.2) is 11.6 Å². The highest BCUT2D eigenvalue weighted by atomic mass is 32.2. The zero-order valence-electron chi connectivity index (χ0n) is 13.3. The Hall–Kier alpha value is -1.73. The van der Waals surface area contributed by atoms with Gasteiger partial charge in [-0.15, -0.1) is 0 Å². The Balaban J connectivity index is 1.84. The number of rotatable bonds is 6. The fourth-order valence-electron chi connectivity index (χ4n) is 2.59. The van der Waals surface area contributed by atoms with Crippen LogP contribution in [-0.2, 0) is 15.5 Å². The van der Waals surface area contributed by atoms with Crippen molar-refractivity contribution in [3.05, 3.63) is 24.3 Å². The summed E-state index contributed by atoms with van der Waals surface area (Å²) < 4.78 is 16.6. The summed E-state index contributed by atoms with van der Waals surface area (Å²) >= 11 is 0. The minimum Gasteiger partial charge on any atom is -0.378 e. The van der Waals surface area contributed by atoms with Crippen molar-refractivity contribution in [3.63, 3.8) is 0 Å². The first-order valence-electron chi connectivity index (χ1n) is 7.87. The maximum atomic E-state index is 11.2. The summed E-state index contributed by atoms with van der Waals surface area (Å²) in [5.41, 5.74) is 1.78. The van der Waals surface area contributed by atoms with Gasteiger partial charge in [0, 0.05) is 42.4 Å². The minimum absolute atomic E-state index is 0.695. The highest BCUT2D eigenvalue weighted by Gasteiger charge is 2.18. The van der Waals surface area contributed by atoms with Crippen molar-refractivity contribution in [2.45, 2.75) is 6.42 Å². The van der Waals surface area contributed by atoms with Crippen LogP contribution in [0, 0.1) is 0 Å². The Labute approximate surface area is 138 Å². The third-order valence-electron chi connectivity index (χ3n) is 3.76. The molecule has 0 saturated carbocycles. The van der Waals surface area contributed by atoms with E-state index in [1.165, 1.54) is 0 Å². The molecule has 1 aromatic heterocycles. The monoisotopic (exact) mass is 334 g/mol. The third-order valence-corrected chi connectivity index (χ3v) is 4.63. The van der Waals surface area contributed by atoms with Gasteiger partial charge in [-0.25, -0.2) is 9.97 Å². The molecule has 0 amide bonds. The average molecular weight is 334 g/mol. The van der Waals surface area contributed by atoms with Crippen molar-refractivity contribution in [1.82, 2.24) is 9.97 Å². The van der Waals surface area contributed by atoms with Crippen LogP contribution in [0.2, 0.25) is 0 Å². The maximum absolute atomic E-state index is 11.2. The Bertz CT molecular complexity index is 689. The second kappa shape index (κ2) is 7.70. The summed E-state index contributed by atoms with van der Waals surface area (Å²) in [6.45, 7) is 3.80. The predicted octanol–water partition coefficient (Wildman–Crippen LogP) is 1.65. The smallest absolute Gasteiger partial charge is 0.172 e. The topological polar surface area (TPSA) is 67.4 Å². The predicted molar refractivity (Wildman–Crippen MR) is 94.6 cm³/mol. The van der Waals surface area contributed by atoms with Crippen LogP contribution in [0.4, 0.5) is 11.6 Å². The lowest BCUT2D eigenvalue weighted by Gasteiger charge is -2.29. The highest BCUT2D eigenvalue weighted by Crippen LogP contribution is 2.25. The molecule has 1 aliphatic rings. The van der Waals surface area contributed by atoms with Crippen molar-refractivity contribution in [2.24, 2.45) is 0 Å². The summed E-state index contributed by atoms with van der Waals surface area (Å²) in [7, 11) is -0.758. The van der Waals surface area contributed by atoms with Gasteiger partial charge < -0.3 is 15.0 Å². The zero-order valence-corrected chi connectivity index (χ0v) is 14.1. The molecule has 6 nitrogen and oxygen atoms in total. The van der Waals surface area contributed by atoms with Gasteiger partial charge in [-0.2, -0.15) is 0 Å². The molecule has 1 N–H and O–H groups in total. The van der Waals surface area contributed by atoms with Gasteiger partial charge in [0.2, 0.25) is 0 Å². The van der Waals surface area contributed by atoms with Crippen LogP contribution < -0.4 is 10.2 Å². The largest absolute Gasteiger partial charge is 0.378 e. The van der Waals surface area contributed by atoms with Crippen molar-refractivity contribution < 1.29 is 8.95 Å². The first kappa shape index (κ1) is 16.1. The van der Waals surface area contributed by atoms with E-state index >= 15 is 0 Å². The van der Waals surface area contributed by atoms with E-state index in [1.54, 1.807) is 6.26 Å². The quantitative estimate of drug-likeness (QED) is 0.810. The van der Waals surface area contributed by atoms with Gasteiger partial charge in [-0.1, -0.05) is 12.1 Å². The molecule has 1 aliphatic heterocycles. The van der Waals surface area contributed by atoms with E-state index in [-0.39, 0.29) is 0 Å². The van der Waals surface area contributed by atoms with Gasteiger partial charge >= 0.3 is 0 Å². The maximum Gasteiger partial charge on any atom is 0.172 e. The van der Waals surface area contributed by atoms with Crippen molar-refractivity contribution in [2.75, 3.05) is 55.1 Å². The van der Waals surface area contributed by atoms with E-state index in [0.717, 1.165) is 48.7 Å². The Morgan fingerprint density at radius 1 is 1.22 bits per heavy atom. The number of para-hydroxylation sites is 2. The number of nitrogens with zero attached hydrogens (tertiary/aromatic N) is 3. The number of ether oxygens (including phenoxy) is 1. The molecular weight excluding hydrogens is 312 g/mol. The summed E-state index contributed by atoms with van der Waals surface area (Å²) in [5, 5.41) is 3.37. The van der Waals surface area contributed by atoms with E-state index in [1.807, 2.05) is 24.3 Å². The number of hydrogen-bond acceptors (Lipinski definition) is 6. The van der Waals surface area contributed by atoms with E-state index in [9.17, 15) is 4.21 Å². The molecule has 0 spiro atoms. The van der Waals surface area contributed by atoms with Crippen LogP contribution in [0.25, 0.3) is 11.0 Å². The number of fused-ring (bicyclic) bond motifs is 1. The molecule has 1 saturated heterocycles. The summed E-state index contributed by atoms with van der Waals surface area (Å²) in [6, 6.07) is 7.90. The minimum atomic E-state index is -0.758. The molecular formula is C16H22N4O2S. The lowest BCUT2D eigenvalue weighted by Crippen LogP contribution is -2.37. The van der Waals surface area contributed by atoms with E-state index in [0.29, 0.717) is 19.0 Å². The Kier molecular flexibility index (Phi) is 5.40. The van der Waals surface area contributed by atoms with Gasteiger partial charge in [0.05, 0.1) is 24.2 Å². The number of nitrogens with one attached hydrogen (secondary N) is 1. The molecule has 0 radical (unpaired) electrons. The molecule has 3 rings (SSSR count). The van der Waals surface area contributed by atoms with E-state index in [4.69, 9.17) is 14.7 Å². The lowest BCUT2D eigenvalue weighted by molar-refractivity contribution is 0.122. The van der Waals surface area contributed by atoms with Gasteiger partial charge in [0.25, 0.3) is 0 Å². The normalized spacial score (nSPS) is 16.5. The number of anilines is 2. The molecule has 1 atom stereocenters. The SMILES string of the molecule is C[S@@](=O)CCCNc1nc2ccccc2nc1N1CCOCC1. The first-order valence-corrected chi connectivity index (χ1v) is 9.60. The summed E-state index contributed by atoms with van der Waals surface area (Å²) in [5.74, 6) is 2.37. The lowest BCUT2D eigenvalue weighted by atomic mass is 10.3. The molecule has 1 fully saturated rings. The van der Waals surface area contributed by atoms with Crippen LogP contribution in [-0.4, -0.2) is 59.0 Å². The van der Waals surface area contributed by atoms with E-state index < -0.39 is 10.8 Å². The van der Waals surface area contributed by atoms with Crippen molar-refractivity contribution in [3.8, 4) is 0 Å². The first-order chi connectivity index (χ1) is 11.2. The fraction of sp³-hybridized carbons (Fsp3) is 0.500.